The van der Waals surface area contributed by atoms with Gasteiger partial charge < -0.3 is 14.7 Å². The third-order valence-corrected chi connectivity index (χ3v) is 4.71. The summed E-state index contributed by atoms with van der Waals surface area (Å²) in [6.45, 7) is 2.87. The predicted molar refractivity (Wildman–Crippen MR) is 95.9 cm³/mol. The van der Waals surface area contributed by atoms with Crippen LogP contribution in [0.1, 0.15) is 41.6 Å². The van der Waals surface area contributed by atoms with Gasteiger partial charge in [-0.2, -0.15) is 0 Å². The van der Waals surface area contributed by atoms with Crippen molar-refractivity contribution < 1.29 is 33.0 Å². The van der Waals surface area contributed by atoms with Crippen molar-refractivity contribution in [3.05, 3.63) is 29.3 Å². The van der Waals surface area contributed by atoms with Gasteiger partial charge in [0, 0.05) is 44.5 Å². The van der Waals surface area contributed by atoms with Crippen molar-refractivity contribution in [1.29, 1.82) is 5.26 Å². The second-order valence-electron chi connectivity index (χ2n) is 6.65. The quantitative estimate of drug-likeness (QED) is 0.657. The molecule has 10 heteroatoms. The van der Waals surface area contributed by atoms with Crippen LogP contribution in [0.15, 0.2) is 18.2 Å². The monoisotopic (exact) mass is 409 g/mol. The number of fused-ring (bicyclic) bond motifs is 1. The summed E-state index contributed by atoms with van der Waals surface area (Å²) in [6, 6.07) is 3.97. The Hall–Kier alpha value is -3.06. The van der Waals surface area contributed by atoms with E-state index >= 15 is 0 Å². The summed E-state index contributed by atoms with van der Waals surface area (Å²) in [5.41, 5.74) is 1.07. The lowest BCUT2D eigenvalue weighted by atomic mass is 10.0. The van der Waals surface area contributed by atoms with E-state index in [0.717, 1.165) is 0 Å². The first-order valence-electron chi connectivity index (χ1n) is 8.95. The number of benzene rings is 1. The third kappa shape index (κ3) is 5.26. The van der Waals surface area contributed by atoms with Crippen LogP contribution < -0.4 is 10.1 Å². The number of amides is 3. The number of aliphatic hydroxyl groups is 1. The van der Waals surface area contributed by atoms with E-state index in [9.17, 15) is 23.2 Å². The molecule has 156 valence electrons. The summed E-state index contributed by atoms with van der Waals surface area (Å²) in [6.07, 6.45) is -0.692. The molecule has 2 aliphatic heterocycles. The molecule has 1 fully saturated rings. The maximum Gasteiger partial charge on any atom is 0.255 e. The highest BCUT2D eigenvalue weighted by Gasteiger charge is 2.39. The molecule has 8 nitrogen and oxygen atoms in total. The number of aliphatic hydroxyl groups excluding tert-OH is 1. The maximum atomic E-state index is 13.4. The Balaban J connectivity index is 0.00000145. The molecule has 1 saturated heterocycles. The number of imide groups is 1. The van der Waals surface area contributed by atoms with Crippen LogP contribution in [0.3, 0.4) is 0 Å². The molecule has 0 spiro atoms. The summed E-state index contributed by atoms with van der Waals surface area (Å²) in [4.78, 5) is 37.2. The normalized spacial score (nSPS) is 18.6. The van der Waals surface area contributed by atoms with Gasteiger partial charge in [0.2, 0.25) is 11.8 Å². The number of rotatable bonds is 7. The van der Waals surface area contributed by atoms with Gasteiger partial charge in [-0.3, -0.25) is 19.7 Å². The summed E-state index contributed by atoms with van der Waals surface area (Å²) in [5, 5.41) is 17.3. The average molecular weight is 409 g/mol. The first-order valence-corrected chi connectivity index (χ1v) is 8.95. The van der Waals surface area contributed by atoms with Crippen molar-refractivity contribution in [2.45, 2.75) is 44.2 Å². The molecule has 1 aromatic carbocycles. The van der Waals surface area contributed by atoms with Crippen molar-refractivity contribution in [3.63, 3.8) is 0 Å². The van der Waals surface area contributed by atoms with Gasteiger partial charge in [0.25, 0.3) is 11.8 Å². The van der Waals surface area contributed by atoms with Crippen molar-refractivity contribution in [2.24, 2.45) is 0 Å². The Bertz CT molecular complexity index is 812. The minimum absolute atomic E-state index is 0.174. The number of hydrogen-bond acceptors (Lipinski definition) is 6. The Kier molecular flexibility index (Phi) is 7.23. The standard InChI is InChI=1S/C18H20F2N2O5.CHN/c19-18(20,5-7-23)6-8-27-12-1-2-13-11(9-12)10-22(17(13)26)14-3-4-15(24)21-16(14)25;1-2/h1-2,9,14,23H,3-8,10H2,(H,21,24,25);1H. The van der Waals surface area contributed by atoms with E-state index in [-0.39, 0.29) is 37.8 Å². The lowest BCUT2D eigenvalue weighted by Gasteiger charge is -2.29. The molecule has 0 aliphatic carbocycles. The Morgan fingerprint density at radius 3 is 2.66 bits per heavy atom. The van der Waals surface area contributed by atoms with Crippen LogP contribution >= 0.6 is 0 Å². The van der Waals surface area contributed by atoms with Gasteiger partial charge in [-0.1, -0.05) is 0 Å². The van der Waals surface area contributed by atoms with Crippen LogP contribution in [-0.2, 0) is 16.1 Å². The average Bonchev–Trinajstić information content (AvgIpc) is 2.99. The zero-order valence-electron chi connectivity index (χ0n) is 15.6. The molecule has 3 rings (SSSR count). The van der Waals surface area contributed by atoms with Crippen molar-refractivity contribution in [1.82, 2.24) is 10.2 Å². The fourth-order valence-corrected chi connectivity index (χ4v) is 3.25. The van der Waals surface area contributed by atoms with E-state index in [1.54, 1.807) is 12.1 Å². The largest absolute Gasteiger partial charge is 0.493 e. The number of carbonyl (C=O) groups excluding carboxylic acids is 3. The summed E-state index contributed by atoms with van der Waals surface area (Å²) >= 11 is 0. The van der Waals surface area contributed by atoms with Crippen molar-refractivity contribution in [3.8, 4) is 12.3 Å². The number of nitrogens with zero attached hydrogens (tertiary/aromatic N) is 2. The highest BCUT2D eigenvalue weighted by atomic mass is 19.3. The highest BCUT2D eigenvalue weighted by molar-refractivity contribution is 6.05. The maximum absolute atomic E-state index is 13.4. The van der Waals surface area contributed by atoms with Crippen LogP contribution in [0.25, 0.3) is 0 Å². The van der Waals surface area contributed by atoms with E-state index < -0.39 is 37.3 Å². The number of nitrogens with one attached hydrogen (secondary N) is 1. The number of nitriles is 1. The highest BCUT2D eigenvalue weighted by Crippen LogP contribution is 2.30. The third-order valence-electron chi connectivity index (χ3n) is 4.71. The van der Waals surface area contributed by atoms with Gasteiger partial charge in [0.05, 0.1) is 6.61 Å². The molecule has 0 radical (unpaired) electrons. The molecule has 0 aromatic heterocycles. The minimum Gasteiger partial charge on any atom is -0.493 e. The van der Waals surface area contributed by atoms with Gasteiger partial charge in [-0.15, -0.1) is 0 Å². The van der Waals surface area contributed by atoms with Crippen molar-refractivity contribution in [2.75, 3.05) is 13.2 Å². The van der Waals surface area contributed by atoms with E-state index in [4.69, 9.17) is 15.1 Å². The number of ether oxygens (including phenoxy) is 1. The number of piperidine rings is 1. The second kappa shape index (κ2) is 9.43. The molecule has 1 unspecified atom stereocenters. The van der Waals surface area contributed by atoms with E-state index in [1.807, 2.05) is 0 Å². The Morgan fingerprint density at radius 2 is 2.00 bits per heavy atom. The van der Waals surface area contributed by atoms with Gasteiger partial charge >= 0.3 is 0 Å². The molecule has 0 bridgehead atoms. The van der Waals surface area contributed by atoms with Crippen LogP contribution in [0.2, 0.25) is 0 Å². The summed E-state index contributed by atoms with van der Waals surface area (Å²) in [5.74, 6) is -3.79. The van der Waals surface area contributed by atoms with E-state index in [1.165, 1.54) is 11.0 Å². The SMILES string of the molecule is C#N.O=C1CCC(N2Cc3cc(OCCC(F)(F)CCO)ccc3C2=O)C(=O)N1. The van der Waals surface area contributed by atoms with Gasteiger partial charge in [-0.25, -0.2) is 14.0 Å². The number of alkyl halides is 2. The molecular formula is C19H21F2N3O5. The zero-order chi connectivity index (χ0) is 21.6. The van der Waals surface area contributed by atoms with E-state index in [2.05, 4.69) is 11.9 Å². The smallest absolute Gasteiger partial charge is 0.255 e. The lowest BCUT2D eigenvalue weighted by molar-refractivity contribution is -0.136. The summed E-state index contributed by atoms with van der Waals surface area (Å²) < 4.78 is 32.1. The molecule has 1 atom stereocenters. The van der Waals surface area contributed by atoms with Gasteiger partial charge in [0.1, 0.15) is 11.8 Å². The fourth-order valence-electron chi connectivity index (χ4n) is 3.25. The van der Waals surface area contributed by atoms with Crippen LogP contribution in [0.4, 0.5) is 8.78 Å². The minimum atomic E-state index is -3.00. The topological polar surface area (TPSA) is 120 Å². The predicted octanol–water partition coefficient (Wildman–Crippen LogP) is 1.37. The number of halogens is 2. The number of carbonyl (C=O) groups is 3. The van der Waals surface area contributed by atoms with Gasteiger partial charge in [0.15, 0.2) is 0 Å². The Morgan fingerprint density at radius 1 is 1.28 bits per heavy atom. The molecular weight excluding hydrogens is 388 g/mol. The second-order valence-corrected chi connectivity index (χ2v) is 6.65. The number of hydrogen-bond donors (Lipinski definition) is 2. The first kappa shape index (κ1) is 22.2. The lowest BCUT2D eigenvalue weighted by Crippen LogP contribution is -2.52. The molecule has 1 aromatic rings. The first-order chi connectivity index (χ1) is 13.8. The van der Waals surface area contributed by atoms with Crippen molar-refractivity contribution >= 4 is 17.7 Å². The molecule has 0 saturated carbocycles. The summed E-state index contributed by atoms with van der Waals surface area (Å²) in [7, 11) is 0. The van der Waals surface area contributed by atoms with Crippen LogP contribution in [0.5, 0.6) is 5.75 Å². The zero-order valence-corrected chi connectivity index (χ0v) is 15.6. The molecule has 2 heterocycles. The molecule has 3 amide bonds. The van der Waals surface area contributed by atoms with Crippen LogP contribution in [-0.4, -0.2) is 52.9 Å². The molecule has 2 N–H and O–H groups in total. The fraction of sp³-hybridized carbons (Fsp3) is 0.474. The van der Waals surface area contributed by atoms with E-state index in [0.29, 0.717) is 16.9 Å². The van der Waals surface area contributed by atoms with Crippen LogP contribution in [0, 0.1) is 11.8 Å². The Labute approximate surface area is 166 Å². The molecule has 29 heavy (non-hydrogen) atoms. The van der Waals surface area contributed by atoms with Gasteiger partial charge in [-0.05, 0) is 30.2 Å². The molecule has 2 aliphatic rings.